The highest BCUT2D eigenvalue weighted by molar-refractivity contribution is 8.00. The summed E-state index contributed by atoms with van der Waals surface area (Å²) in [6, 6.07) is 20.1. The number of para-hydroxylation sites is 1. The van der Waals surface area contributed by atoms with Gasteiger partial charge >= 0.3 is 0 Å². The van der Waals surface area contributed by atoms with Gasteiger partial charge in [0.15, 0.2) is 16.7 Å². The maximum absolute atomic E-state index is 13.4. The van der Waals surface area contributed by atoms with E-state index in [-0.39, 0.29) is 24.8 Å². The van der Waals surface area contributed by atoms with Gasteiger partial charge in [-0.05, 0) is 48.4 Å². The van der Waals surface area contributed by atoms with Crippen molar-refractivity contribution in [1.82, 2.24) is 14.9 Å². The average Bonchev–Trinajstić information content (AvgIpc) is 3.34. The summed E-state index contributed by atoms with van der Waals surface area (Å²) in [5.41, 5.74) is 2.11. The van der Waals surface area contributed by atoms with E-state index in [0.717, 1.165) is 11.1 Å². The minimum Gasteiger partial charge on any atom is -0.454 e. The Labute approximate surface area is 211 Å². The molecule has 2 heterocycles. The zero-order valence-electron chi connectivity index (χ0n) is 18.9. The molecular formula is C26H22ClN3O4S. The molecule has 1 aliphatic heterocycles. The minimum absolute atomic E-state index is 0.167. The fourth-order valence-corrected chi connectivity index (χ4v) is 4.90. The Balaban J connectivity index is 1.37. The highest BCUT2D eigenvalue weighted by atomic mass is 35.5. The molecular weight excluding hydrogens is 486 g/mol. The number of nitrogens with one attached hydrogen (secondary N) is 1. The lowest BCUT2D eigenvalue weighted by Gasteiger charge is -2.17. The van der Waals surface area contributed by atoms with Crippen molar-refractivity contribution >= 4 is 40.2 Å². The molecule has 1 aromatic heterocycles. The number of amides is 1. The molecule has 9 heteroatoms. The van der Waals surface area contributed by atoms with Crippen LogP contribution in [0.15, 0.2) is 76.7 Å². The van der Waals surface area contributed by atoms with Gasteiger partial charge in [-0.15, -0.1) is 0 Å². The first kappa shape index (κ1) is 23.3. The summed E-state index contributed by atoms with van der Waals surface area (Å²) in [5, 5.41) is 4.00. The van der Waals surface area contributed by atoms with E-state index < -0.39 is 5.25 Å². The van der Waals surface area contributed by atoms with E-state index in [0.29, 0.717) is 39.1 Å². The first-order valence-corrected chi connectivity index (χ1v) is 12.3. The Kier molecular flexibility index (Phi) is 6.66. The third-order valence-electron chi connectivity index (χ3n) is 5.67. The van der Waals surface area contributed by atoms with Crippen molar-refractivity contribution in [1.29, 1.82) is 0 Å². The summed E-state index contributed by atoms with van der Waals surface area (Å²) in [7, 11) is 0. The van der Waals surface area contributed by atoms with Crippen LogP contribution in [0.4, 0.5) is 0 Å². The largest absolute Gasteiger partial charge is 0.454 e. The molecule has 0 unspecified atom stereocenters. The summed E-state index contributed by atoms with van der Waals surface area (Å²) >= 11 is 7.60. The number of rotatable bonds is 7. The van der Waals surface area contributed by atoms with Crippen molar-refractivity contribution in [2.24, 2.45) is 0 Å². The number of aromatic nitrogens is 2. The third kappa shape index (κ3) is 4.99. The Morgan fingerprint density at radius 1 is 1.11 bits per heavy atom. The van der Waals surface area contributed by atoms with E-state index in [2.05, 4.69) is 5.32 Å². The monoisotopic (exact) mass is 507 g/mol. The predicted molar refractivity (Wildman–Crippen MR) is 136 cm³/mol. The van der Waals surface area contributed by atoms with E-state index in [1.54, 1.807) is 29.7 Å². The van der Waals surface area contributed by atoms with Gasteiger partial charge in [-0.2, -0.15) is 0 Å². The number of halogens is 1. The lowest BCUT2D eigenvalue weighted by Crippen LogP contribution is -2.32. The van der Waals surface area contributed by atoms with Gasteiger partial charge in [0, 0.05) is 11.6 Å². The molecule has 0 bridgehead atoms. The van der Waals surface area contributed by atoms with Crippen molar-refractivity contribution in [3.63, 3.8) is 0 Å². The van der Waals surface area contributed by atoms with Crippen molar-refractivity contribution in [3.8, 4) is 11.5 Å². The quantitative estimate of drug-likeness (QED) is 0.290. The van der Waals surface area contributed by atoms with Crippen LogP contribution in [-0.4, -0.2) is 27.5 Å². The molecule has 0 saturated carbocycles. The molecule has 35 heavy (non-hydrogen) atoms. The van der Waals surface area contributed by atoms with Gasteiger partial charge in [0.05, 0.1) is 22.7 Å². The standard InChI is InChI=1S/C26H22ClN3O4S/c1-16(24(31)28-13-17-10-11-22-23(12-17)34-15-33-22)35-26-29-21-9-5-3-7-19(21)25(32)30(26)14-18-6-2-4-8-20(18)27/h2-12,16H,13-15H2,1H3,(H,28,31)/t16-/m0/s1. The summed E-state index contributed by atoms with van der Waals surface area (Å²) in [6.45, 7) is 2.59. The van der Waals surface area contributed by atoms with Crippen LogP contribution in [-0.2, 0) is 17.9 Å². The fraction of sp³-hybridized carbons (Fsp3) is 0.192. The van der Waals surface area contributed by atoms with E-state index in [1.165, 1.54) is 11.8 Å². The van der Waals surface area contributed by atoms with E-state index in [4.69, 9.17) is 26.1 Å². The lowest BCUT2D eigenvalue weighted by molar-refractivity contribution is -0.120. The van der Waals surface area contributed by atoms with Crippen molar-refractivity contribution in [2.45, 2.75) is 30.4 Å². The van der Waals surface area contributed by atoms with Gasteiger partial charge in [0.2, 0.25) is 12.7 Å². The second-order valence-electron chi connectivity index (χ2n) is 8.06. The van der Waals surface area contributed by atoms with Crippen LogP contribution in [0.1, 0.15) is 18.1 Å². The van der Waals surface area contributed by atoms with E-state index >= 15 is 0 Å². The highest BCUT2D eigenvalue weighted by Crippen LogP contribution is 2.32. The zero-order chi connectivity index (χ0) is 24.4. The number of fused-ring (bicyclic) bond motifs is 2. The van der Waals surface area contributed by atoms with Gasteiger partial charge in [-0.25, -0.2) is 4.98 Å². The summed E-state index contributed by atoms with van der Waals surface area (Å²) in [5.74, 6) is 1.20. The molecule has 0 fully saturated rings. The van der Waals surface area contributed by atoms with Crippen LogP contribution < -0.4 is 20.3 Å². The molecule has 4 aromatic rings. The van der Waals surface area contributed by atoms with Gasteiger partial charge < -0.3 is 14.8 Å². The SMILES string of the molecule is C[C@H](Sc1nc2ccccc2c(=O)n1Cc1ccccc1Cl)C(=O)NCc1ccc2c(c1)OCO2. The minimum atomic E-state index is -0.491. The molecule has 1 amide bonds. The molecule has 1 aliphatic rings. The number of carbonyl (C=O) groups excluding carboxylic acids is 1. The van der Waals surface area contributed by atoms with Gasteiger partial charge in [-0.1, -0.05) is 59.8 Å². The molecule has 5 rings (SSSR count). The molecule has 1 N–H and O–H groups in total. The molecule has 0 radical (unpaired) electrons. The average molecular weight is 508 g/mol. The zero-order valence-corrected chi connectivity index (χ0v) is 20.4. The number of benzene rings is 3. The van der Waals surface area contributed by atoms with Crippen LogP contribution in [0, 0.1) is 0 Å². The predicted octanol–water partition coefficient (Wildman–Crippen LogP) is 4.62. The van der Waals surface area contributed by atoms with Gasteiger partial charge in [0.25, 0.3) is 5.56 Å². The Morgan fingerprint density at radius 2 is 1.89 bits per heavy atom. The number of hydrogen-bond acceptors (Lipinski definition) is 6. The van der Waals surface area contributed by atoms with E-state index in [9.17, 15) is 9.59 Å². The number of carbonyl (C=O) groups is 1. The third-order valence-corrected chi connectivity index (χ3v) is 7.13. The van der Waals surface area contributed by atoms with Crippen LogP contribution >= 0.6 is 23.4 Å². The Morgan fingerprint density at radius 3 is 2.74 bits per heavy atom. The number of hydrogen-bond donors (Lipinski definition) is 1. The molecule has 178 valence electrons. The maximum Gasteiger partial charge on any atom is 0.262 e. The van der Waals surface area contributed by atoms with Crippen molar-refractivity contribution < 1.29 is 14.3 Å². The number of thioether (sulfide) groups is 1. The normalized spacial score (nSPS) is 13.1. The highest BCUT2D eigenvalue weighted by Gasteiger charge is 2.20. The number of nitrogens with zero attached hydrogens (tertiary/aromatic N) is 2. The molecule has 3 aromatic carbocycles. The maximum atomic E-state index is 13.4. The van der Waals surface area contributed by atoms with Crippen molar-refractivity contribution in [2.75, 3.05) is 6.79 Å². The smallest absolute Gasteiger partial charge is 0.262 e. The topological polar surface area (TPSA) is 82.5 Å². The molecule has 0 aliphatic carbocycles. The summed E-state index contributed by atoms with van der Waals surface area (Å²) in [4.78, 5) is 31.0. The summed E-state index contributed by atoms with van der Waals surface area (Å²) < 4.78 is 12.3. The molecule has 7 nitrogen and oxygen atoms in total. The van der Waals surface area contributed by atoms with Crippen LogP contribution in [0.3, 0.4) is 0 Å². The fourth-order valence-electron chi connectivity index (χ4n) is 3.77. The lowest BCUT2D eigenvalue weighted by atomic mass is 10.2. The second-order valence-corrected chi connectivity index (χ2v) is 9.77. The van der Waals surface area contributed by atoms with Crippen LogP contribution in [0.25, 0.3) is 10.9 Å². The second kappa shape index (κ2) is 10.0. The Hall–Kier alpha value is -3.49. The number of ether oxygens (including phenoxy) is 2. The van der Waals surface area contributed by atoms with Crippen LogP contribution in [0.2, 0.25) is 5.02 Å². The van der Waals surface area contributed by atoms with Gasteiger partial charge in [0.1, 0.15) is 0 Å². The summed E-state index contributed by atoms with van der Waals surface area (Å²) in [6.07, 6.45) is 0. The molecule has 0 saturated heterocycles. The first-order valence-electron chi connectivity index (χ1n) is 11.1. The van der Waals surface area contributed by atoms with Crippen molar-refractivity contribution in [3.05, 3.63) is 93.2 Å². The van der Waals surface area contributed by atoms with Crippen LogP contribution in [0.5, 0.6) is 11.5 Å². The Bertz CT molecular complexity index is 1470. The molecule has 0 spiro atoms. The van der Waals surface area contributed by atoms with E-state index in [1.807, 2.05) is 48.5 Å². The van der Waals surface area contributed by atoms with Gasteiger partial charge in [-0.3, -0.25) is 14.2 Å². The molecule has 1 atom stereocenters. The first-order chi connectivity index (χ1) is 17.0.